The standard InChI is InChI=1S/C12H14F3N3O5/c1-5-3-18(11(22)17-9(5)20)8-2-6(7(4-19)23-8)16-10(21)12(13,14)15/h3,6-8,19H,2,4H2,1H3,(H,16,21)(H,17,20,22)/t6-,7+,8+/m0/s1. The third-order valence-electron chi connectivity index (χ3n) is 3.45. The van der Waals surface area contributed by atoms with Gasteiger partial charge in [0.25, 0.3) is 5.56 Å². The first kappa shape index (κ1) is 17.2. The van der Waals surface area contributed by atoms with Gasteiger partial charge in [-0.1, -0.05) is 0 Å². The number of aromatic amines is 1. The van der Waals surface area contributed by atoms with Crippen LogP contribution in [-0.2, 0) is 9.53 Å². The van der Waals surface area contributed by atoms with Crippen molar-refractivity contribution in [1.29, 1.82) is 0 Å². The minimum Gasteiger partial charge on any atom is -0.394 e. The molecule has 0 saturated carbocycles. The maximum Gasteiger partial charge on any atom is 0.471 e. The molecular weight excluding hydrogens is 323 g/mol. The van der Waals surface area contributed by atoms with Crippen LogP contribution >= 0.6 is 0 Å². The Morgan fingerprint density at radius 2 is 2.17 bits per heavy atom. The summed E-state index contributed by atoms with van der Waals surface area (Å²) in [7, 11) is 0. The molecule has 1 amide bonds. The maximum absolute atomic E-state index is 12.3. The number of nitrogens with one attached hydrogen (secondary N) is 2. The zero-order valence-corrected chi connectivity index (χ0v) is 11.9. The molecule has 0 aliphatic carbocycles. The summed E-state index contributed by atoms with van der Waals surface area (Å²) < 4.78 is 43.2. The number of aryl methyl sites for hydroxylation is 1. The second kappa shape index (κ2) is 6.16. The number of alkyl halides is 3. The van der Waals surface area contributed by atoms with Gasteiger partial charge in [0, 0.05) is 18.2 Å². The van der Waals surface area contributed by atoms with Gasteiger partial charge in [-0.25, -0.2) is 4.79 Å². The molecule has 1 saturated heterocycles. The maximum atomic E-state index is 12.3. The molecule has 11 heteroatoms. The Balaban J connectivity index is 2.22. The normalized spacial score (nSPS) is 24.7. The van der Waals surface area contributed by atoms with Crippen LogP contribution in [0.1, 0.15) is 18.2 Å². The van der Waals surface area contributed by atoms with E-state index < -0.39 is 48.3 Å². The van der Waals surface area contributed by atoms with Crippen LogP contribution in [0.4, 0.5) is 13.2 Å². The number of ether oxygens (including phenoxy) is 1. The largest absolute Gasteiger partial charge is 0.471 e. The lowest BCUT2D eigenvalue weighted by Gasteiger charge is -2.18. The third-order valence-corrected chi connectivity index (χ3v) is 3.45. The molecule has 0 unspecified atom stereocenters. The van der Waals surface area contributed by atoms with E-state index in [4.69, 9.17) is 4.74 Å². The van der Waals surface area contributed by atoms with Crippen molar-refractivity contribution in [2.75, 3.05) is 6.61 Å². The first-order chi connectivity index (χ1) is 10.6. The van der Waals surface area contributed by atoms with Crippen molar-refractivity contribution in [3.63, 3.8) is 0 Å². The van der Waals surface area contributed by atoms with Crippen molar-refractivity contribution in [3.05, 3.63) is 32.6 Å². The van der Waals surface area contributed by atoms with Gasteiger partial charge < -0.3 is 15.2 Å². The number of aromatic nitrogens is 2. The summed E-state index contributed by atoms with van der Waals surface area (Å²) in [5.41, 5.74) is -1.19. The van der Waals surface area contributed by atoms with Crippen molar-refractivity contribution in [2.45, 2.75) is 37.9 Å². The number of rotatable bonds is 3. The fraction of sp³-hybridized carbons (Fsp3) is 0.583. The van der Waals surface area contributed by atoms with Crippen LogP contribution in [-0.4, -0.2) is 45.5 Å². The van der Waals surface area contributed by atoms with Crippen LogP contribution < -0.4 is 16.6 Å². The van der Waals surface area contributed by atoms with Gasteiger partial charge in [0.2, 0.25) is 0 Å². The summed E-state index contributed by atoms with van der Waals surface area (Å²) in [6, 6.07) is -1.13. The number of aliphatic hydroxyl groups is 1. The molecule has 0 radical (unpaired) electrons. The number of carbonyl (C=O) groups excluding carboxylic acids is 1. The topological polar surface area (TPSA) is 113 Å². The van der Waals surface area contributed by atoms with Gasteiger partial charge in [-0.3, -0.25) is 19.1 Å². The SMILES string of the molecule is Cc1cn([C@H]2C[C@H](NC(=O)C(F)(F)F)[C@@H](CO)O2)c(=O)[nH]c1=O. The molecule has 23 heavy (non-hydrogen) atoms. The second-order valence-electron chi connectivity index (χ2n) is 5.10. The highest BCUT2D eigenvalue weighted by molar-refractivity contribution is 5.82. The molecule has 128 valence electrons. The molecule has 1 aliphatic heterocycles. The van der Waals surface area contributed by atoms with Gasteiger partial charge >= 0.3 is 17.8 Å². The van der Waals surface area contributed by atoms with Gasteiger partial charge in [0.1, 0.15) is 12.3 Å². The van der Waals surface area contributed by atoms with Gasteiger partial charge in [0.15, 0.2) is 0 Å². The number of amides is 1. The molecular formula is C12H14F3N3O5. The van der Waals surface area contributed by atoms with Crippen LogP contribution in [0.2, 0.25) is 0 Å². The fourth-order valence-corrected chi connectivity index (χ4v) is 2.27. The highest BCUT2D eigenvalue weighted by Crippen LogP contribution is 2.28. The van der Waals surface area contributed by atoms with Gasteiger partial charge in [-0.05, 0) is 6.92 Å². The van der Waals surface area contributed by atoms with Crippen LogP contribution in [0, 0.1) is 6.92 Å². The zero-order valence-electron chi connectivity index (χ0n) is 11.9. The lowest BCUT2D eigenvalue weighted by atomic mass is 10.1. The lowest BCUT2D eigenvalue weighted by Crippen LogP contribution is -2.47. The number of H-pyrrole nitrogens is 1. The Morgan fingerprint density at radius 3 is 2.74 bits per heavy atom. The predicted octanol–water partition coefficient (Wildman–Crippen LogP) is -0.828. The van der Waals surface area contributed by atoms with Crippen LogP contribution in [0.3, 0.4) is 0 Å². The third kappa shape index (κ3) is 3.62. The Labute approximate surface area is 126 Å². The van der Waals surface area contributed by atoms with E-state index in [0.717, 1.165) is 4.57 Å². The van der Waals surface area contributed by atoms with Crippen molar-refractivity contribution < 1.29 is 27.8 Å². The minimum atomic E-state index is -5.07. The fourth-order valence-electron chi connectivity index (χ4n) is 2.27. The summed E-state index contributed by atoms with van der Waals surface area (Å²) in [4.78, 5) is 36.1. The summed E-state index contributed by atoms with van der Waals surface area (Å²) in [5, 5.41) is 10.9. The highest BCUT2D eigenvalue weighted by atomic mass is 19.4. The smallest absolute Gasteiger partial charge is 0.394 e. The number of nitrogens with zero attached hydrogens (tertiary/aromatic N) is 1. The Bertz CT molecular complexity index is 711. The van der Waals surface area contributed by atoms with Crippen molar-refractivity contribution in [1.82, 2.24) is 14.9 Å². The molecule has 3 N–H and O–H groups in total. The monoisotopic (exact) mass is 337 g/mol. The van der Waals surface area contributed by atoms with Gasteiger partial charge in [0.05, 0.1) is 12.6 Å². The number of hydrogen-bond acceptors (Lipinski definition) is 5. The summed E-state index contributed by atoms with van der Waals surface area (Å²) in [6.45, 7) is 0.798. The molecule has 1 aromatic rings. The Hall–Kier alpha value is -2.14. The van der Waals surface area contributed by atoms with E-state index in [2.05, 4.69) is 0 Å². The first-order valence-corrected chi connectivity index (χ1v) is 6.59. The minimum absolute atomic E-state index is 0.168. The van der Waals surface area contributed by atoms with Crippen molar-refractivity contribution in [2.24, 2.45) is 0 Å². The highest BCUT2D eigenvalue weighted by Gasteiger charge is 2.44. The Morgan fingerprint density at radius 1 is 1.52 bits per heavy atom. The molecule has 2 rings (SSSR count). The summed E-state index contributed by atoms with van der Waals surface area (Å²) in [6.07, 6.45) is -6.16. The van der Waals surface area contributed by atoms with E-state index >= 15 is 0 Å². The van der Waals surface area contributed by atoms with E-state index in [1.165, 1.54) is 13.1 Å². The number of hydrogen-bond donors (Lipinski definition) is 3. The summed E-state index contributed by atoms with van der Waals surface area (Å²) in [5.74, 6) is -2.16. The van der Waals surface area contributed by atoms with Crippen LogP contribution in [0.5, 0.6) is 0 Å². The Kier molecular flexibility index (Phi) is 4.61. The van der Waals surface area contributed by atoms with Crippen molar-refractivity contribution >= 4 is 5.91 Å². The quantitative estimate of drug-likeness (QED) is 0.666. The van der Waals surface area contributed by atoms with Crippen LogP contribution in [0.25, 0.3) is 0 Å². The van der Waals surface area contributed by atoms with E-state index in [-0.39, 0.29) is 12.0 Å². The molecule has 1 aliphatic rings. The van der Waals surface area contributed by atoms with Crippen LogP contribution in [0.15, 0.2) is 15.8 Å². The molecule has 1 fully saturated rings. The van der Waals surface area contributed by atoms with Gasteiger partial charge in [-0.15, -0.1) is 0 Å². The molecule has 3 atom stereocenters. The number of carbonyl (C=O) groups is 1. The van der Waals surface area contributed by atoms with Gasteiger partial charge in [-0.2, -0.15) is 13.2 Å². The lowest BCUT2D eigenvalue weighted by molar-refractivity contribution is -0.174. The first-order valence-electron chi connectivity index (χ1n) is 6.59. The molecule has 0 bridgehead atoms. The molecule has 8 nitrogen and oxygen atoms in total. The van der Waals surface area contributed by atoms with E-state index in [1.54, 1.807) is 5.32 Å². The molecule has 0 spiro atoms. The average molecular weight is 337 g/mol. The van der Waals surface area contributed by atoms with E-state index in [9.17, 15) is 32.7 Å². The predicted molar refractivity (Wildman–Crippen MR) is 69.7 cm³/mol. The molecule has 2 heterocycles. The molecule has 0 aromatic carbocycles. The molecule has 1 aromatic heterocycles. The summed E-state index contributed by atoms with van der Waals surface area (Å²) >= 11 is 0. The van der Waals surface area contributed by atoms with E-state index in [0.29, 0.717) is 0 Å². The van der Waals surface area contributed by atoms with Crippen molar-refractivity contribution in [3.8, 4) is 0 Å². The average Bonchev–Trinajstić information content (AvgIpc) is 2.84. The second-order valence-corrected chi connectivity index (χ2v) is 5.10. The number of aliphatic hydroxyl groups excluding tert-OH is 1. The zero-order chi connectivity index (χ0) is 17.4. The number of halogens is 3. The van der Waals surface area contributed by atoms with E-state index in [1.807, 2.05) is 4.98 Å².